The molecule has 1 aromatic heterocycles. The van der Waals surface area contributed by atoms with E-state index in [1.807, 2.05) is 60.7 Å². The Hall–Kier alpha value is -3.12. The lowest BCUT2D eigenvalue weighted by Crippen LogP contribution is -2.31. The lowest BCUT2D eigenvalue weighted by atomic mass is 9.96. The standard InChI is InChI=1S/C21H19NO4S/c1-16-13-19(22(21(23)14-16)26-27(2,24)25)15-20(17-9-5-3-6-10-17)18-11-7-4-8-12-18/h3-15H,1-2H3. The molecule has 0 bridgehead atoms. The van der Waals surface area contributed by atoms with Crippen molar-refractivity contribution in [1.29, 1.82) is 0 Å². The van der Waals surface area contributed by atoms with Gasteiger partial charge in [0, 0.05) is 6.07 Å². The molecule has 0 atom stereocenters. The van der Waals surface area contributed by atoms with E-state index in [0.29, 0.717) is 11.3 Å². The highest BCUT2D eigenvalue weighted by Crippen LogP contribution is 2.25. The van der Waals surface area contributed by atoms with E-state index in [1.165, 1.54) is 6.07 Å². The van der Waals surface area contributed by atoms with Crippen LogP contribution in [0, 0.1) is 6.92 Å². The molecule has 27 heavy (non-hydrogen) atoms. The number of hydrogen-bond acceptors (Lipinski definition) is 4. The highest BCUT2D eigenvalue weighted by molar-refractivity contribution is 7.86. The molecule has 0 fully saturated rings. The molecule has 5 nitrogen and oxygen atoms in total. The smallest absolute Gasteiger partial charge is 0.284 e. The molecule has 0 aliphatic heterocycles. The van der Waals surface area contributed by atoms with Crippen LogP contribution in [-0.4, -0.2) is 19.4 Å². The Bertz CT molecular complexity index is 1090. The summed E-state index contributed by atoms with van der Waals surface area (Å²) in [5.41, 5.74) is 3.21. The van der Waals surface area contributed by atoms with Crippen molar-refractivity contribution in [2.45, 2.75) is 6.92 Å². The van der Waals surface area contributed by atoms with Gasteiger partial charge in [-0.05, 0) is 41.3 Å². The molecule has 0 aliphatic carbocycles. The van der Waals surface area contributed by atoms with E-state index in [0.717, 1.165) is 27.7 Å². The average molecular weight is 381 g/mol. The fraction of sp³-hybridized carbons (Fsp3) is 0.0952. The van der Waals surface area contributed by atoms with Gasteiger partial charge in [0.25, 0.3) is 5.56 Å². The van der Waals surface area contributed by atoms with E-state index in [2.05, 4.69) is 0 Å². The monoisotopic (exact) mass is 381 g/mol. The van der Waals surface area contributed by atoms with Crippen molar-refractivity contribution in [2.24, 2.45) is 0 Å². The van der Waals surface area contributed by atoms with Gasteiger partial charge in [0.2, 0.25) is 0 Å². The molecule has 2 aromatic carbocycles. The molecule has 3 aromatic rings. The number of pyridine rings is 1. The zero-order valence-corrected chi connectivity index (χ0v) is 15.8. The van der Waals surface area contributed by atoms with Crippen molar-refractivity contribution >= 4 is 21.8 Å². The normalized spacial score (nSPS) is 11.0. The Morgan fingerprint density at radius 2 is 1.44 bits per heavy atom. The second kappa shape index (κ2) is 7.63. The van der Waals surface area contributed by atoms with Gasteiger partial charge in [0.1, 0.15) is 0 Å². The lowest BCUT2D eigenvalue weighted by Gasteiger charge is -2.13. The summed E-state index contributed by atoms with van der Waals surface area (Å²) in [7, 11) is -3.87. The van der Waals surface area contributed by atoms with Gasteiger partial charge in [0.05, 0.1) is 11.9 Å². The molecule has 0 aliphatic rings. The van der Waals surface area contributed by atoms with Gasteiger partial charge in [-0.2, -0.15) is 8.42 Å². The van der Waals surface area contributed by atoms with Gasteiger partial charge in [-0.3, -0.25) is 9.08 Å². The molecule has 0 spiro atoms. The maximum atomic E-state index is 12.3. The molecule has 6 heteroatoms. The summed E-state index contributed by atoms with van der Waals surface area (Å²) >= 11 is 0. The van der Waals surface area contributed by atoms with Crippen LogP contribution in [0.2, 0.25) is 0 Å². The minimum absolute atomic E-state index is 0.341. The third kappa shape index (κ3) is 4.74. The molecule has 138 valence electrons. The van der Waals surface area contributed by atoms with Crippen LogP contribution in [0.4, 0.5) is 0 Å². The van der Waals surface area contributed by atoms with Gasteiger partial charge in [-0.1, -0.05) is 60.7 Å². The molecule has 0 saturated carbocycles. The Kier molecular flexibility index (Phi) is 5.28. The Morgan fingerprint density at radius 1 is 0.926 bits per heavy atom. The lowest BCUT2D eigenvalue weighted by molar-refractivity contribution is 0.267. The summed E-state index contributed by atoms with van der Waals surface area (Å²) in [4.78, 5) is 12.3. The first-order valence-corrected chi connectivity index (χ1v) is 10.1. The van der Waals surface area contributed by atoms with Crippen LogP contribution in [0.1, 0.15) is 22.4 Å². The summed E-state index contributed by atoms with van der Waals surface area (Å²) < 4.78 is 28.9. The van der Waals surface area contributed by atoms with Gasteiger partial charge >= 0.3 is 10.1 Å². The van der Waals surface area contributed by atoms with Crippen LogP contribution in [0.5, 0.6) is 0 Å². The van der Waals surface area contributed by atoms with E-state index in [9.17, 15) is 13.2 Å². The van der Waals surface area contributed by atoms with Crippen molar-refractivity contribution in [3.8, 4) is 0 Å². The minimum Gasteiger partial charge on any atom is -0.284 e. The van der Waals surface area contributed by atoms with Gasteiger partial charge in [-0.15, -0.1) is 4.73 Å². The zero-order chi connectivity index (χ0) is 19.4. The fourth-order valence-electron chi connectivity index (χ4n) is 2.75. The second-order valence-electron chi connectivity index (χ2n) is 6.16. The molecule has 0 radical (unpaired) electrons. The predicted octanol–water partition coefficient (Wildman–Crippen LogP) is 3.13. The molecular weight excluding hydrogens is 362 g/mol. The number of rotatable bonds is 5. The van der Waals surface area contributed by atoms with E-state index in [4.69, 9.17) is 4.28 Å². The summed E-state index contributed by atoms with van der Waals surface area (Å²) in [6, 6.07) is 22.4. The quantitative estimate of drug-likeness (QED) is 0.681. The zero-order valence-electron chi connectivity index (χ0n) is 15.0. The number of benzene rings is 2. The number of aromatic nitrogens is 1. The van der Waals surface area contributed by atoms with Gasteiger partial charge in [-0.25, -0.2) is 0 Å². The first-order chi connectivity index (χ1) is 12.8. The SMILES string of the molecule is Cc1cc(C=C(c2ccccc2)c2ccccc2)n(OS(C)(=O)=O)c(=O)c1. The Balaban J connectivity index is 2.26. The molecule has 0 amide bonds. The summed E-state index contributed by atoms with van der Waals surface area (Å²) in [5, 5.41) is 0. The first kappa shape index (κ1) is 18.7. The topological polar surface area (TPSA) is 65.4 Å². The summed E-state index contributed by atoms with van der Waals surface area (Å²) in [6.45, 7) is 1.77. The molecular formula is C21H19NO4S. The van der Waals surface area contributed by atoms with Crippen molar-refractivity contribution in [3.05, 3.63) is 106 Å². The highest BCUT2D eigenvalue weighted by atomic mass is 32.2. The molecule has 0 unspecified atom stereocenters. The maximum Gasteiger partial charge on any atom is 0.324 e. The van der Waals surface area contributed by atoms with E-state index >= 15 is 0 Å². The number of aryl methyl sites for hydroxylation is 1. The first-order valence-electron chi connectivity index (χ1n) is 8.30. The van der Waals surface area contributed by atoms with Crippen molar-refractivity contribution < 1.29 is 12.7 Å². The fourth-order valence-corrected chi connectivity index (χ4v) is 3.18. The van der Waals surface area contributed by atoms with Gasteiger partial charge < -0.3 is 0 Å². The van der Waals surface area contributed by atoms with Crippen molar-refractivity contribution in [2.75, 3.05) is 6.26 Å². The van der Waals surface area contributed by atoms with Gasteiger partial charge in [0.15, 0.2) is 0 Å². The third-order valence-corrected chi connectivity index (χ3v) is 4.25. The highest BCUT2D eigenvalue weighted by Gasteiger charge is 2.13. The second-order valence-corrected chi connectivity index (χ2v) is 7.72. The largest absolute Gasteiger partial charge is 0.324 e. The minimum atomic E-state index is -3.87. The summed E-state index contributed by atoms with van der Waals surface area (Å²) in [6.07, 6.45) is 2.66. The molecule has 0 saturated heterocycles. The van der Waals surface area contributed by atoms with E-state index in [-0.39, 0.29) is 0 Å². The molecule has 1 heterocycles. The van der Waals surface area contributed by atoms with Crippen molar-refractivity contribution in [3.63, 3.8) is 0 Å². The van der Waals surface area contributed by atoms with Crippen LogP contribution in [0.25, 0.3) is 11.6 Å². The van der Waals surface area contributed by atoms with Crippen LogP contribution in [-0.2, 0) is 10.1 Å². The van der Waals surface area contributed by atoms with Crippen LogP contribution >= 0.6 is 0 Å². The van der Waals surface area contributed by atoms with Crippen LogP contribution in [0.3, 0.4) is 0 Å². The number of hydrogen-bond donors (Lipinski definition) is 0. The Morgan fingerprint density at radius 3 is 1.93 bits per heavy atom. The van der Waals surface area contributed by atoms with Crippen molar-refractivity contribution in [1.82, 2.24) is 4.73 Å². The van der Waals surface area contributed by atoms with E-state index in [1.54, 1.807) is 19.1 Å². The average Bonchev–Trinajstić information content (AvgIpc) is 2.63. The maximum absolute atomic E-state index is 12.3. The summed E-state index contributed by atoms with van der Waals surface area (Å²) in [5.74, 6) is 0. The Labute approximate surface area is 158 Å². The number of nitrogens with zero attached hydrogens (tertiary/aromatic N) is 1. The van der Waals surface area contributed by atoms with Crippen LogP contribution in [0.15, 0.2) is 77.6 Å². The molecule has 0 N–H and O–H groups in total. The predicted molar refractivity (Wildman–Crippen MR) is 107 cm³/mol. The molecule has 3 rings (SSSR count). The van der Waals surface area contributed by atoms with E-state index < -0.39 is 15.7 Å². The van der Waals surface area contributed by atoms with Crippen LogP contribution < -0.4 is 9.84 Å². The third-order valence-electron chi connectivity index (χ3n) is 3.83.